The smallest absolute Gasteiger partial charge is 0.121 e. The van der Waals surface area contributed by atoms with E-state index in [9.17, 15) is 5.11 Å². The number of halogens is 1. The van der Waals surface area contributed by atoms with E-state index < -0.39 is 0 Å². The van der Waals surface area contributed by atoms with Gasteiger partial charge in [-0.3, -0.25) is 0 Å². The van der Waals surface area contributed by atoms with E-state index in [2.05, 4.69) is 6.58 Å². The van der Waals surface area contributed by atoms with Gasteiger partial charge in [-0.2, -0.15) is 0 Å². The van der Waals surface area contributed by atoms with Gasteiger partial charge in [0.05, 0.1) is 0 Å². The van der Waals surface area contributed by atoms with Crippen molar-refractivity contribution in [3.63, 3.8) is 0 Å². The van der Waals surface area contributed by atoms with Crippen molar-refractivity contribution in [3.05, 3.63) is 70.3 Å². The number of benzene rings is 2. The van der Waals surface area contributed by atoms with Crippen LogP contribution >= 0.6 is 11.6 Å². The van der Waals surface area contributed by atoms with Crippen molar-refractivity contribution in [2.75, 3.05) is 0 Å². The lowest BCUT2D eigenvalue weighted by Gasteiger charge is -2.03. The molecular weight excluding hydrogens is 256 g/mol. The van der Waals surface area contributed by atoms with Crippen molar-refractivity contribution in [3.8, 4) is 5.75 Å². The zero-order valence-electron chi connectivity index (χ0n) is 11.6. The monoisotopic (exact) mass is 274 g/mol. The predicted molar refractivity (Wildman–Crippen MR) is 83.9 cm³/mol. The van der Waals surface area contributed by atoms with E-state index in [-0.39, 0.29) is 0 Å². The van der Waals surface area contributed by atoms with Crippen molar-refractivity contribution >= 4 is 17.7 Å². The van der Waals surface area contributed by atoms with Gasteiger partial charge in [0, 0.05) is 5.02 Å². The second-order valence-electron chi connectivity index (χ2n) is 4.50. The summed E-state index contributed by atoms with van der Waals surface area (Å²) in [5.74, 6) is 0.422. The summed E-state index contributed by atoms with van der Waals surface area (Å²) in [6.07, 6.45) is 1.79. The fourth-order valence-electron chi connectivity index (χ4n) is 1.77. The van der Waals surface area contributed by atoms with E-state index in [0.717, 1.165) is 21.7 Å². The summed E-state index contributed by atoms with van der Waals surface area (Å²) in [6, 6.07) is 11.5. The maximum absolute atomic E-state index is 9.33. The van der Waals surface area contributed by atoms with Crippen LogP contribution in [0.1, 0.15) is 22.3 Å². The number of phenols is 1. The Bertz CT molecular complexity index is 533. The molecule has 0 aliphatic rings. The Labute approximate surface area is 120 Å². The summed E-state index contributed by atoms with van der Waals surface area (Å²) in [6.45, 7) is 9.47. The van der Waals surface area contributed by atoms with Crippen LogP contribution < -0.4 is 0 Å². The van der Waals surface area contributed by atoms with Gasteiger partial charge in [-0.25, -0.2) is 0 Å². The summed E-state index contributed by atoms with van der Waals surface area (Å²) < 4.78 is 0. The van der Waals surface area contributed by atoms with Gasteiger partial charge in [-0.05, 0) is 49.6 Å². The molecule has 0 radical (unpaired) electrons. The van der Waals surface area contributed by atoms with Gasteiger partial charge in [-0.15, -0.1) is 0 Å². The first-order chi connectivity index (χ1) is 8.93. The molecule has 2 aromatic rings. The van der Waals surface area contributed by atoms with E-state index >= 15 is 0 Å². The fourth-order valence-corrected chi connectivity index (χ4v) is 1.90. The molecule has 2 aromatic carbocycles. The second-order valence-corrected chi connectivity index (χ2v) is 4.94. The quantitative estimate of drug-likeness (QED) is 0.748. The minimum Gasteiger partial charge on any atom is -0.507 e. The number of rotatable bonds is 1. The van der Waals surface area contributed by atoms with Gasteiger partial charge >= 0.3 is 0 Å². The third-order valence-electron chi connectivity index (χ3n) is 2.74. The molecule has 100 valence electrons. The van der Waals surface area contributed by atoms with Crippen LogP contribution in [0.25, 0.3) is 6.08 Å². The van der Waals surface area contributed by atoms with E-state index in [0.29, 0.717) is 5.75 Å². The molecule has 0 fully saturated rings. The van der Waals surface area contributed by atoms with Gasteiger partial charge in [0.25, 0.3) is 0 Å². The molecule has 0 aliphatic heterocycles. The Kier molecular flexibility index (Phi) is 5.65. The molecule has 2 heteroatoms. The lowest BCUT2D eigenvalue weighted by molar-refractivity contribution is 0.466. The van der Waals surface area contributed by atoms with E-state index in [4.69, 9.17) is 11.6 Å². The summed E-state index contributed by atoms with van der Waals surface area (Å²) in [4.78, 5) is 0. The minimum absolute atomic E-state index is 0.422. The Morgan fingerprint density at radius 1 is 1.00 bits per heavy atom. The Hall–Kier alpha value is -1.73. The zero-order chi connectivity index (χ0) is 14.4. The number of hydrogen-bond acceptors (Lipinski definition) is 1. The van der Waals surface area contributed by atoms with E-state index in [1.54, 1.807) is 6.08 Å². The molecule has 0 saturated heterocycles. The highest BCUT2D eigenvalue weighted by atomic mass is 35.5. The molecule has 1 N–H and O–H groups in total. The number of aromatic hydroxyl groups is 1. The van der Waals surface area contributed by atoms with Gasteiger partial charge in [0.2, 0.25) is 0 Å². The Morgan fingerprint density at radius 3 is 1.89 bits per heavy atom. The van der Waals surface area contributed by atoms with Gasteiger partial charge in [-0.1, -0.05) is 54.1 Å². The molecule has 1 nitrogen and oxygen atoms in total. The first kappa shape index (κ1) is 15.3. The molecule has 0 spiro atoms. The molecule has 19 heavy (non-hydrogen) atoms. The molecule has 0 saturated carbocycles. The van der Waals surface area contributed by atoms with Crippen LogP contribution in [-0.4, -0.2) is 5.11 Å². The molecule has 2 rings (SSSR count). The molecule has 0 amide bonds. The molecule has 0 aromatic heterocycles. The number of aryl methyl sites for hydroxylation is 3. The van der Waals surface area contributed by atoms with Crippen molar-refractivity contribution < 1.29 is 5.11 Å². The van der Waals surface area contributed by atoms with Crippen LogP contribution in [-0.2, 0) is 0 Å². The van der Waals surface area contributed by atoms with Crippen LogP contribution in [0.15, 0.2) is 43.0 Å². The normalized spacial score (nSPS) is 9.47. The third-order valence-corrected chi connectivity index (χ3v) is 2.99. The van der Waals surface area contributed by atoms with Crippen molar-refractivity contribution in [2.24, 2.45) is 0 Å². The first-order valence-corrected chi connectivity index (χ1v) is 6.46. The van der Waals surface area contributed by atoms with Crippen LogP contribution in [0, 0.1) is 20.8 Å². The summed E-state index contributed by atoms with van der Waals surface area (Å²) in [5, 5.41) is 10.1. The molecule has 0 bridgehead atoms. The average Bonchev–Trinajstić information content (AvgIpc) is 2.37. The largest absolute Gasteiger partial charge is 0.507 e. The van der Waals surface area contributed by atoms with Gasteiger partial charge in [0.1, 0.15) is 5.75 Å². The maximum Gasteiger partial charge on any atom is 0.121 e. The van der Waals surface area contributed by atoms with E-state index in [1.165, 1.54) is 5.56 Å². The highest BCUT2D eigenvalue weighted by molar-refractivity contribution is 6.30. The first-order valence-electron chi connectivity index (χ1n) is 6.09. The number of hydrogen-bond donors (Lipinski definition) is 1. The fraction of sp³-hybridized carbons (Fsp3) is 0.176. The number of phenolic OH excluding ortho intramolecular Hbond substituents is 1. The summed E-state index contributed by atoms with van der Waals surface area (Å²) in [5.41, 5.74) is 4.21. The zero-order valence-corrected chi connectivity index (χ0v) is 12.3. The molecule has 0 atom stereocenters. The molecule has 0 unspecified atom stereocenters. The maximum atomic E-state index is 9.33. The van der Waals surface area contributed by atoms with Gasteiger partial charge in [0.15, 0.2) is 0 Å². The molecular formula is C17H19ClO. The van der Waals surface area contributed by atoms with Crippen LogP contribution in [0.3, 0.4) is 0 Å². The van der Waals surface area contributed by atoms with Crippen LogP contribution in [0.2, 0.25) is 5.02 Å². The van der Waals surface area contributed by atoms with Crippen molar-refractivity contribution in [1.29, 1.82) is 0 Å². The topological polar surface area (TPSA) is 20.2 Å². The molecule has 0 heterocycles. The van der Waals surface area contributed by atoms with Crippen molar-refractivity contribution in [2.45, 2.75) is 20.8 Å². The lowest BCUT2D eigenvalue weighted by Crippen LogP contribution is -1.81. The van der Waals surface area contributed by atoms with Crippen LogP contribution in [0.5, 0.6) is 5.75 Å². The Morgan fingerprint density at radius 2 is 1.47 bits per heavy atom. The van der Waals surface area contributed by atoms with Crippen molar-refractivity contribution in [1.82, 2.24) is 0 Å². The average molecular weight is 275 g/mol. The minimum atomic E-state index is 0.422. The molecule has 0 aliphatic carbocycles. The Balaban J connectivity index is 0.000000191. The predicted octanol–water partition coefficient (Wildman–Crippen LogP) is 5.30. The third kappa shape index (κ3) is 4.80. The van der Waals surface area contributed by atoms with E-state index in [1.807, 2.05) is 57.2 Å². The lowest BCUT2D eigenvalue weighted by atomic mass is 10.1. The standard InChI is InChI=1S/C9H12O.C8H7Cl/c1-6-4-7(2)9(10)8(3)5-6;1-2-7-3-5-8(9)6-4-7/h4-5,10H,1-3H3;2-6H,1H2. The highest BCUT2D eigenvalue weighted by Gasteiger charge is 1.98. The SMILES string of the molecule is C=Cc1ccc(Cl)cc1.Cc1cc(C)c(O)c(C)c1. The highest BCUT2D eigenvalue weighted by Crippen LogP contribution is 2.21. The van der Waals surface area contributed by atoms with Crippen LogP contribution in [0.4, 0.5) is 0 Å². The second kappa shape index (κ2) is 7.01. The summed E-state index contributed by atoms with van der Waals surface area (Å²) in [7, 11) is 0. The van der Waals surface area contributed by atoms with Gasteiger partial charge < -0.3 is 5.11 Å². The summed E-state index contributed by atoms with van der Waals surface area (Å²) >= 11 is 5.63.